The van der Waals surface area contributed by atoms with Crippen molar-refractivity contribution >= 4 is 0 Å². The first-order valence-electron chi connectivity index (χ1n) is 7.19. The predicted molar refractivity (Wildman–Crippen MR) is 70.9 cm³/mol. The molecule has 1 saturated heterocycles. The van der Waals surface area contributed by atoms with E-state index < -0.39 is 0 Å². The van der Waals surface area contributed by atoms with Crippen molar-refractivity contribution in [3.8, 4) is 0 Å². The first-order valence-corrected chi connectivity index (χ1v) is 7.19. The van der Waals surface area contributed by atoms with Gasteiger partial charge in [-0.15, -0.1) is 0 Å². The summed E-state index contributed by atoms with van der Waals surface area (Å²) >= 11 is 0. The number of hydrogen-bond acceptors (Lipinski definition) is 3. The Hall–Kier alpha value is -0.120. The molecule has 1 aliphatic heterocycles. The number of hydrogen-bond donors (Lipinski definition) is 2. The van der Waals surface area contributed by atoms with Crippen LogP contribution in [0.2, 0.25) is 0 Å². The van der Waals surface area contributed by atoms with Gasteiger partial charge in [0.2, 0.25) is 0 Å². The van der Waals surface area contributed by atoms with Crippen LogP contribution in [-0.2, 0) is 4.74 Å². The van der Waals surface area contributed by atoms with Crippen molar-refractivity contribution in [1.29, 1.82) is 0 Å². The molecule has 0 aromatic carbocycles. The van der Waals surface area contributed by atoms with E-state index in [1.54, 1.807) is 0 Å². The van der Waals surface area contributed by atoms with E-state index in [2.05, 4.69) is 19.2 Å². The van der Waals surface area contributed by atoms with Crippen LogP contribution in [0.15, 0.2) is 0 Å². The molecule has 2 rings (SSSR count). The Morgan fingerprint density at radius 1 is 1.47 bits per heavy atom. The van der Waals surface area contributed by atoms with Crippen molar-refractivity contribution in [2.45, 2.75) is 57.5 Å². The molecule has 3 nitrogen and oxygen atoms in total. The normalized spacial score (nSPS) is 40.4. The summed E-state index contributed by atoms with van der Waals surface area (Å²) in [5.74, 6) is 1.47. The second-order valence-electron chi connectivity index (χ2n) is 6.36. The van der Waals surface area contributed by atoms with Gasteiger partial charge in [0.05, 0.1) is 6.61 Å². The molecule has 0 bridgehead atoms. The highest BCUT2D eigenvalue weighted by Crippen LogP contribution is 2.30. The van der Waals surface area contributed by atoms with Crippen molar-refractivity contribution in [2.75, 3.05) is 19.8 Å². The van der Waals surface area contributed by atoms with Crippen LogP contribution >= 0.6 is 0 Å². The molecule has 4 unspecified atom stereocenters. The monoisotopic (exact) mass is 240 g/mol. The fraction of sp³-hybridized carbons (Fsp3) is 1.00. The maximum atomic E-state index is 6.50. The van der Waals surface area contributed by atoms with Gasteiger partial charge in [-0.3, -0.25) is 0 Å². The SMILES string of the molecule is CC1CCCC(N)(CNC(C)C2CCOC2)C1. The first-order chi connectivity index (χ1) is 8.09. The minimum Gasteiger partial charge on any atom is -0.381 e. The molecule has 3 N–H and O–H groups in total. The molecule has 2 aliphatic rings. The topological polar surface area (TPSA) is 47.3 Å². The zero-order chi connectivity index (χ0) is 12.3. The van der Waals surface area contributed by atoms with Crippen molar-refractivity contribution in [1.82, 2.24) is 5.32 Å². The average molecular weight is 240 g/mol. The van der Waals surface area contributed by atoms with E-state index in [9.17, 15) is 0 Å². The van der Waals surface area contributed by atoms with Crippen molar-refractivity contribution in [3.63, 3.8) is 0 Å². The number of ether oxygens (including phenoxy) is 1. The molecule has 17 heavy (non-hydrogen) atoms. The Kier molecular flexibility index (Phi) is 4.45. The number of nitrogens with two attached hydrogens (primary N) is 1. The molecule has 0 spiro atoms. The maximum Gasteiger partial charge on any atom is 0.0509 e. The summed E-state index contributed by atoms with van der Waals surface area (Å²) in [5.41, 5.74) is 6.54. The third-order valence-corrected chi connectivity index (χ3v) is 4.57. The van der Waals surface area contributed by atoms with Gasteiger partial charge in [0.15, 0.2) is 0 Å². The quantitative estimate of drug-likeness (QED) is 0.789. The first kappa shape index (κ1) is 13.3. The molecule has 3 heteroatoms. The van der Waals surface area contributed by atoms with Crippen LogP contribution in [0.4, 0.5) is 0 Å². The van der Waals surface area contributed by atoms with Crippen molar-refractivity contribution < 1.29 is 4.74 Å². The van der Waals surface area contributed by atoms with Gasteiger partial charge in [0.25, 0.3) is 0 Å². The summed E-state index contributed by atoms with van der Waals surface area (Å²) in [4.78, 5) is 0. The summed E-state index contributed by atoms with van der Waals surface area (Å²) in [6.45, 7) is 7.42. The highest BCUT2D eigenvalue weighted by molar-refractivity contribution is 4.92. The average Bonchev–Trinajstić information content (AvgIpc) is 2.79. The number of rotatable bonds is 4. The fourth-order valence-electron chi connectivity index (χ4n) is 3.34. The summed E-state index contributed by atoms with van der Waals surface area (Å²) in [6.07, 6.45) is 6.19. The fourth-order valence-corrected chi connectivity index (χ4v) is 3.34. The standard InChI is InChI=1S/C14H28N2O/c1-11-4-3-6-14(15,8-11)10-16-12(2)13-5-7-17-9-13/h11-13,16H,3-10,15H2,1-2H3. The summed E-state index contributed by atoms with van der Waals surface area (Å²) in [7, 11) is 0. The van der Waals surface area contributed by atoms with Gasteiger partial charge in [-0.25, -0.2) is 0 Å². The lowest BCUT2D eigenvalue weighted by Crippen LogP contribution is -2.54. The van der Waals surface area contributed by atoms with Gasteiger partial charge in [0, 0.05) is 24.7 Å². The molecular formula is C14H28N2O. The van der Waals surface area contributed by atoms with Crippen LogP contribution in [0.1, 0.15) is 46.0 Å². The molecule has 2 fully saturated rings. The summed E-state index contributed by atoms with van der Waals surface area (Å²) in [6, 6.07) is 0.537. The molecule has 1 aliphatic carbocycles. The maximum absolute atomic E-state index is 6.50. The lowest BCUT2D eigenvalue weighted by atomic mass is 9.77. The van der Waals surface area contributed by atoms with Gasteiger partial charge in [-0.1, -0.05) is 19.8 Å². The van der Waals surface area contributed by atoms with Crippen molar-refractivity contribution in [2.24, 2.45) is 17.6 Å². The Balaban J connectivity index is 1.76. The Bertz CT molecular complexity index is 240. The van der Waals surface area contributed by atoms with Gasteiger partial charge >= 0.3 is 0 Å². The van der Waals surface area contributed by atoms with E-state index in [0.717, 1.165) is 25.7 Å². The van der Waals surface area contributed by atoms with E-state index in [4.69, 9.17) is 10.5 Å². The highest BCUT2D eigenvalue weighted by Gasteiger charge is 2.32. The van der Waals surface area contributed by atoms with Crippen LogP contribution < -0.4 is 11.1 Å². The molecule has 0 aromatic rings. The van der Waals surface area contributed by atoms with Gasteiger partial charge in [-0.2, -0.15) is 0 Å². The lowest BCUT2D eigenvalue weighted by molar-refractivity contribution is 0.173. The van der Waals surface area contributed by atoms with E-state index in [-0.39, 0.29) is 5.54 Å². The van der Waals surface area contributed by atoms with Crippen LogP contribution in [-0.4, -0.2) is 31.3 Å². The largest absolute Gasteiger partial charge is 0.381 e. The molecule has 0 amide bonds. The second-order valence-corrected chi connectivity index (χ2v) is 6.36. The number of nitrogens with one attached hydrogen (secondary N) is 1. The van der Waals surface area contributed by atoms with Gasteiger partial charge < -0.3 is 15.8 Å². The molecule has 1 heterocycles. The Morgan fingerprint density at radius 2 is 2.29 bits per heavy atom. The van der Waals surface area contributed by atoms with Gasteiger partial charge in [0.1, 0.15) is 0 Å². The van der Waals surface area contributed by atoms with Gasteiger partial charge in [-0.05, 0) is 38.0 Å². The molecule has 0 aromatic heterocycles. The van der Waals surface area contributed by atoms with E-state index in [0.29, 0.717) is 12.0 Å². The van der Waals surface area contributed by atoms with Crippen LogP contribution in [0.3, 0.4) is 0 Å². The Labute approximate surface area is 105 Å². The van der Waals surface area contributed by atoms with E-state index in [1.165, 1.54) is 32.1 Å². The summed E-state index contributed by atoms with van der Waals surface area (Å²) in [5, 5.41) is 3.65. The molecular weight excluding hydrogens is 212 g/mol. The minimum absolute atomic E-state index is 0.0331. The third kappa shape index (κ3) is 3.67. The lowest BCUT2D eigenvalue weighted by Gasteiger charge is -2.38. The Morgan fingerprint density at radius 3 is 2.94 bits per heavy atom. The molecule has 0 radical (unpaired) electrons. The molecule has 1 saturated carbocycles. The summed E-state index contributed by atoms with van der Waals surface area (Å²) < 4.78 is 5.44. The zero-order valence-electron chi connectivity index (χ0n) is 11.4. The van der Waals surface area contributed by atoms with Crippen LogP contribution in [0.5, 0.6) is 0 Å². The predicted octanol–water partition coefficient (Wildman–Crippen LogP) is 1.91. The van der Waals surface area contributed by atoms with Crippen LogP contribution in [0.25, 0.3) is 0 Å². The molecule has 4 atom stereocenters. The smallest absolute Gasteiger partial charge is 0.0509 e. The molecule has 100 valence electrons. The minimum atomic E-state index is 0.0331. The van der Waals surface area contributed by atoms with E-state index >= 15 is 0 Å². The van der Waals surface area contributed by atoms with Crippen LogP contribution in [0, 0.1) is 11.8 Å². The second kappa shape index (κ2) is 5.68. The highest BCUT2D eigenvalue weighted by atomic mass is 16.5. The third-order valence-electron chi connectivity index (χ3n) is 4.57. The van der Waals surface area contributed by atoms with E-state index in [1.807, 2.05) is 0 Å². The van der Waals surface area contributed by atoms with Crippen molar-refractivity contribution in [3.05, 3.63) is 0 Å². The zero-order valence-corrected chi connectivity index (χ0v) is 11.4.